The second kappa shape index (κ2) is 6.02. The lowest BCUT2D eigenvalue weighted by atomic mass is 9.96. The van der Waals surface area contributed by atoms with E-state index in [1.165, 1.54) is 23.0 Å². The second-order valence-corrected chi connectivity index (χ2v) is 6.69. The fourth-order valence-electron chi connectivity index (χ4n) is 2.24. The highest BCUT2D eigenvalue weighted by Crippen LogP contribution is 2.24. The molecular formula is C11H17ClN4O2S. The third kappa shape index (κ3) is 3.77. The summed E-state index contributed by atoms with van der Waals surface area (Å²) in [5.74, 6) is 0.183. The van der Waals surface area contributed by atoms with Gasteiger partial charge in [0.25, 0.3) is 0 Å². The van der Waals surface area contributed by atoms with E-state index in [4.69, 9.17) is 11.6 Å². The Hall–Kier alpha value is -0.920. The molecule has 0 atom stereocenters. The van der Waals surface area contributed by atoms with Crippen molar-refractivity contribution in [1.29, 1.82) is 0 Å². The van der Waals surface area contributed by atoms with Crippen molar-refractivity contribution in [3.8, 4) is 0 Å². The van der Waals surface area contributed by atoms with Gasteiger partial charge in [-0.3, -0.25) is 4.72 Å². The molecule has 2 rings (SSSR count). The largest absolute Gasteiger partial charge is 0.302 e. The van der Waals surface area contributed by atoms with Crippen LogP contribution in [-0.2, 0) is 10.2 Å². The molecule has 19 heavy (non-hydrogen) atoms. The average Bonchev–Trinajstić information content (AvgIpc) is 2.38. The lowest BCUT2D eigenvalue weighted by molar-refractivity contribution is 0.287. The van der Waals surface area contributed by atoms with Crippen LogP contribution in [0.25, 0.3) is 0 Å². The number of nitrogens with zero attached hydrogens (tertiary/aromatic N) is 3. The molecule has 6 nitrogen and oxygen atoms in total. The van der Waals surface area contributed by atoms with Crippen LogP contribution in [0.3, 0.4) is 0 Å². The van der Waals surface area contributed by atoms with Crippen LogP contribution in [-0.4, -0.2) is 35.8 Å². The van der Waals surface area contributed by atoms with Crippen LogP contribution in [0.2, 0.25) is 5.28 Å². The van der Waals surface area contributed by atoms with Gasteiger partial charge in [-0.05, 0) is 30.5 Å². The van der Waals surface area contributed by atoms with Gasteiger partial charge < -0.3 is 0 Å². The molecule has 0 saturated heterocycles. The summed E-state index contributed by atoms with van der Waals surface area (Å²) in [6.07, 6.45) is 6.55. The van der Waals surface area contributed by atoms with Gasteiger partial charge in [0.05, 0.1) is 0 Å². The number of halogens is 1. The molecule has 1 saturated carbocycles. The second-order valence-electron chi connectivity index (χ2n) is 4.63. The van der Waals surface area contributed by atoms with Crippen LogP contribution in [0.4, 0.5) is 5.82 Å². The Morgan fingerprint density at radius 3 is 2.68 bits per heavy atom. The van der Waals surface area contributed by atoms with Gasteiger partial charge in [0.2, 0.25) is 5.28 Å². The van der Waals surface area contributed by atoms with Crippen molar-refractivity contribution in [1.82, 2.24) is 14.3 Å². The number of aromatic nitrogens is 2. The smallest absolute Gasteiger partial charge is 0.254 e. The highest BCUT2D eigenvalue weighted by molar-refractivity contribution is 7.90. The van der Waals surface area contributed by atoms with E-state index in [2.05, 4.69) is 14.7 Å². The maximum Gasteiger partial charge on any atom is 0.302 e. The third-order valence-electron chi connectivity index (χ3n) is 3.33. The summed E-state index contributed by atoms with van der Waals surface area (Å²) in [6.45, 7) is 0. The summed E-state index contributed by atoms with van der Waals surface area (Å²) in [5, 5.41) is 0.0144. The molecule has 0 aliphatic heterocycles. The van der Waals surface area contributed by atoms with Gasteiger partial charge in [0.15, 0.2) is 0 Å². The molecule has 0 amide bonds. The lowest BCUT2D eigenvalue weighted by Crippen LogP contribution is -2.41. The molecule has 1 aliphatic carbocycles. The Labute approximate surface area is 118 Å². The minimum Gasteiger partial charge on any atom is -0.254 e. The molecule has 1 aliphatic rings. The lowest BCUT2D eigenvalue weighted by Gasteiger charge is -2.30. The molecule has 0 spiro atoms. The zero-order valence-corrected chi connectivity index (χ0v) is 12.3. The van der Waals surface area contributed by atoms with Crippen LogP contribution in [0.15, 0.2) is 12.3 Å². The molecule has 8 heteroatoms. The average molecular weight is 305 g/mol. The van der Waals surface area contributed by atoms with Crippen molar-refractivity contribution in [2.75, 3.05) is 11.8 Å². The number of anilines is 1. The summed E-state index contributed by atoms with van der Waals surface area (Å²) < 4.78 is 28.3. The maximum atomic E-state index is 12.2. The molecule has 1 heterocycles. The molecule has 0 unspecified atom stereocenters. The molecular weight excluding hydrogens is 288 g/mol. The van der Waals surface area contributed by atoms with Gasteiger partial charge in [-0.15, -0.1) is 0 Å². The van der Waals surface area contributed by atoms with Crippen LogP contribution in [0.1, 0.15) is 32.1 Å². The Morgan fingerprint density at radius 1 is 1.37 bits per heavy atom. The van der Waals surface area contributed by atoms with Gasteiger partial charge in [-0.2, -0.15) is 17.7 Å². The summed E-state index contributed by atoms with van der Waals surface area (Å²) in [7, 11) is -2.00. The van der Waals surface area contributed by atoms with E-state index in [1.54, 1.807) is 7.05 Å². The number of nitrogens with one attached hydrogen (secondary N) is 1. The molecule has 0 radical (unpaired) electrons. The van der Waals surface area contributed by atoms with Gasteiger partial charge in [0.1, 0.15) is 5.82 Å². The van der Waals surface area contributed by atoms with Crippen LogP contribution >= 0.6 is 11.6 Å². The SMILES string of the molecule is CN(C1CCCCC1)S(=O)(=O)Nc1ccnc(Cl)n1. The highest BCUT2D eigenvalue weighted by Gasteiger charge is 2.27. The van der Waals surface area contributed by atoms with Gasteiger partial charge in [0, 0.05) is 19.3 Å². The van der Waals surface area contributed by atoms with Crippen LogP contribution in [0.5, 0.6) is 0 Å². The van der Waals surface area contributed by atoms with Crippen molar-refractivity contribution in [3.05, 3.63) is 17.5 Å². The van der Waals surface area contributed by atoms with Gasteiger partial charge in [-0.1, -0.05) is 19.3 Å². The van der Waals surface area contributed by atoms with Crippen molar-refractivity contribution >= 4 is 27.6 Å². The normalized spacial score (nSPS) is 17.6. The Bertz CT molecular complexity index is 531. The molecule has 106 valence electrons. The first-order valence-electron chi connectivity index (χ1n) is 6.23. The van der Waals surface area contributed by atoms with E-state index in [0.29, 0.717) is 0 Å². The zero-order valence-electron chi connectivity index (χ0n) is 10.7. The van der Waals surface area contributed by atoms with Crippen LogP contribution in [0, 0.1) is 0 Å². The predicted octanol–water partition coefficient (Wildman–Crippen LogP) is 2.05. The minimum absolute atomic E-state index is 0.0144. The minimum atomic E-state index is -3.60. The van der Waals surface area contributed by atoms with E-state index in [0.717, 1.165) is 25.7 Å². The van der Waals surface area contributed by atoms with Gasteiger partial charge >= 0.3 is 10.2 Å². The van der Waals surface area contributed by atoms with E-state index >= 15 is 0 Å². The highest BCUT2D eigenvalue weighted by atomic mass is 35.5. The van der Waals surface area contributed by atoms with Crippen LogP contribution < -0.4 is 4.72 Å². The Kier molecular flexibility index (Phi) is 4.59. The van der Waals surface area contributed by atoms with E-state index in [9.17, 15) is 8.42 Å². The maximum absolute atomic E-state index is 12.2. The van der Waals surface area contributed by atoms with E-state index in [1.807, 2.05) is 0 Å². The topological polar surface area (TPSA) is 75.2 Å². The first kappa shape index (κ1) is 14.5. The standard InChI is InChI=1S/C11H17ClN4O2S/c1-16(9-5-3-2-4-6-9)19(17,18)15-10-7-8-13-11(12)14-10/h7-9H,2-6H2,1H3,(H,13,14,15). The third-order valence-corrected chi connectivity index (χ3v) is 5.03. The number of hydrogen-bond donors (Lipinski definition) is 1. The Balaban J connectivity index is 2.08. The predicted molar refractivity (Wildman–Crippen MR) is 74.2 cm³/mol. The molecule has 1 N–H and O–H groups in total. The van der Waals surface area contributed by atoms with Crippen molar-refractivity contribution < 1.29 is 8.42 Å². The van der Waals surface area contributed by atoms with Gasteiger partial charge in [-0.25, -0.2) is 4.98 Å². The van der Waals surface area contributed by atoms with Crippen molar-refractivity contribution in [3.63, 3.8) is 0 Å². The molecule has 0 aromatic carbocycles. The summed E-state index contributed by atoms with van der Waals surface area (Å²) >= 11 is 5.63. The molecule has 0 bridgehead atoms. The number of rotatable bonds is 4. The molecule has 1 aromatic heterocycles. The van der Waals surface area contributed by atoms with E-state index in [-0.39, 0.29) is 17.1 Å². The summed E-state index contributed by atoms with van der Waals surface area (Å²) in [4.78, 5) is 7.53. The summed E-state index contributed by atoms with van der Waals surface area (Å²) in [6, 6.07) is 1.53. The Morgan fingerprint density at radius 2 is 2.05 bits per heavy atom. The zero-order chi connectivity index (χ0) is 13.9. The first-order valence-corrected chi connectivity index (χ1v) is 8.05. The van der Waals surface area contributed by atoms with E-state index < -0.39 is 10.2 Å². The van der Waals surface area contributed by atoms with Crippen molar-refractivity contribution in [2.45, 2.75) is 38.1 Å². The first-order chi connectivity index (χ1) is 8.99. The van der Waals surface area contributed by atoms with Crippen molar-refractivity contribution in [2.24, 2.45) is 0 Å². The quantitative estimate of drug-likeness (QED) is 0.864. The number of hydrogen-bond acceptors (Lipinski definition) is 4. The fourth-order valence-corrected chi connectivity index (χ4v) is 3.51. The molecule has 1 aromatic rings. The fraction of sp³-hybridized carbons (Fsp3) is 0.636. The molecule has 1 fully saturated rings. The monoisotopic (exact) mass is 304 g/mol. The summed E-state index contributed by atoms with van der Waals surface area (Å²) in [5.41, 5.74) is 0.